The Kier molecular flexibility index (Phi) is 4.82. The van der Waals surface area contributed by atoms with Crippen LogP contribution in [0.2, 0.25) is 10.0 Å². The quantitative estimate of drug-likeness (QED) is 0.934. The Bertz CT molecular complexity index is 605. The van der Waals surface area contributed by atoms with Gasteiger partial charge in [0.2, 0.25) is 0 Å². The summed E-state index contributed by atoms with van der Waals surface area (Å²) in [5.74, 6) is 0.135. The van der Waals surface area contributed by atoms with Gasteiger partial charge in [-0.3, -0.25) is 9.78 Å². The lowest BCUT2D eigenvalue weighted by Gasteiger charge is -2.15. The van der Waals surface area contributed by atoms with E-state index in [1.165, 1.54) is 0 Å². The van der Waals surface area contributed by atoms with E-state index in [1.54, 1.807) is 49.6 Å². The average molecular weight is 311 g/mol. The number of nitrogens with zero attached hydrogens (tertiary/aromatic N) is 1. The minimum absolute atomic E-state index is 0.276. The van der Waals surface area contributed by atoms with Crippen molar-refractivity contribution in [3.8, 4) is 5.75 Å². The second-order valence-electron chi connectivity index (χ2n) is 4.06. The molecule has 0 aliphatic rings. The summed E-state index contributed by atoms with van der Waals surface area (Å²) in [7, 11) is 0. The number of halogens is 2. The maximum Gasteiger partial charge on any atom is 0.265 e. The minimum Gasteiger partial charge on any atom is -0.479 e. The first-order valence-corrected chi connectivity index (χ1v) is 6.64. The van der Waals surface area contributed by atoms with Crippen LogP contribution in [0.1, 0.15) is 6.92 Å². The summed E-state index contributed by atoms with van der Waals surface area (Å²) in [4.78, 5) is 15.8. The topological polar surface area (TPSA) is 51.2 Å². The number of hydrogen-bond donors (Lipinski definition) is 1. The highest BCUT2D eigenvalue weighted by molar-refractivity contribution is 6.35. The fourth-order valence-electron chi connectivity index (χ4n) is 1.49. The van der Waals surface area contributed by atoms with Gasteiger partial charge in [-0.25, -0.2) is 0 Å². The predicted octanol–water partition coefficient (Wildman–Crippen LogP) is 3.79. The van der Waals surface area contributed by atoms with E-state index in [-0.39, 0.29) is 5.91 Å². The molecule has 0 aliphatic carbocycles. The summed E-state index contributed by atoms with van der Waals surface area (Å²) in [5, 5.41) is 3.59. The van der Waals surface area contributed by atoms with E-state index in [2.05, 4.69) is 10.3 Å². The van der Waals surface area contributed by atoms with E-state index in [9.17, 15) is 4.79 Å². The summed E-state index contributed by atoms with van der Waals surface area (Å²) in [6.07, 6.45) is 2.50. The van der Waals surface area contributed by atoms with Crippen molar-refractivity contribution in [3.05, 3.63) is 52.8 Å². The highest BCUT2D eigenvalue weighted by Gasteiger charge is 2.16. The van der Waals surface area contributed by atoms with Crippen molar-refractivity contribution in [2.75, 3.05) is 5.32 Å². The maximum absolute atomic E-state index is 12.0. The Morgan fingerprint density at radius 1 is 1.25 bits per heavy atom. The average Bonchev–Trinajstić information content (AvgIpc) is 2.43. The molecule has 0 saturated carbocycles. The molecule has 1 aromatic carbocycles. The number of pyridine rings is 1. The summed E-state index contributed by atoms with van der Waals surface area (Å²) in [6.45, 7) is 1.64. The first-order chi connectivity index (χ1) is 9.56. The number of benzene rings is 1. The van der Waals surface area contributed by atoms with Gasteiger partial charge in [0, 0.05) is 23.1 Å². The van der Waals surface area contributed by atoms with Crippen LogP contribution in [0.3, 0.4) is 0 Å². The molecule has 0 bridgehead atoms. The smallest absolute Gasteiger partial charge is 0.265 e. The van der Waals surface area contributed by atoms with E-state index in [0.717, 1.165) is 0 Å². The van der Waals surface area contributed by atoms with Gasteiger partial charge in [0.25, 0.3) is 5.91 Å². The van der Waals surface area contributed by atoms with Crippen LogP contribution in [0.25, 0.3) is 0 Å². The monoisotopic (exact) mass is 310 g/mol. The van der Waals surface area contributed by atoms with Crippen LogP contribution < -0.4 is 10.1 Å². The van der Waals surface area contributed by atoms with E-state index in [1.807, 2.05) is 0 Å². The summed E-state index contributed by atoms with van der Waals surface area (Å²) >= 11 is 11.8. The lowest BCUT2D eigenvalue weighted by atomic mass is 10.3. The van der Waals surface area contributed by atoms with Crippen LogP contribution in [0.15, 0.2) is 42.7 Å². The molecule has 1 amide bonds. The molecule has 2 rings (SSSR count). The van der Waals surface area contributed by atoms with Gasteiger partial charge in [-0.15, -0.1) is 0 Å². The Hall–Kier alpha value is -1.78. The maximum atomic E-state index is 12.0. The number of nitrogens with one attached hydrogen (secondary N) is 1. The van der Waals surface area contributed by atoms with Crippen molar-refractivity contribution in [2.24, 2.45) is 0 Å². The number of amides is 1. The Morgan fingerprint density at radius 3 is 2.60 bits per heavy atom. The predicted molar refractivity (Wildman–Crippen MR) is 79.4 cm³/mol. The van der Waals surface area contributed by atoms with E-state index in [0.29, 0.717) is 21.5 Å². The standard InChI is InChI=1S/C14H12Cl2N2O2/c1-9(14(19)18-11-4-6-17-7-5-11)20-13-3-2-10(15)8-12(13)16/h2-9H,1H3,(H,17,18,19)/t9-/m1/s1. The third kappa shape index (κ3) is 3.85. The van der Waals surface area contributed by atoms with E-state index < -0.39 is 6.10 Å². The third-order valence-electron chi connectivity index (χ3n) is 2.51. The molecule has 1 N–H and O–H groups in total. The van der Waals surface area contributed by atoms with Gasteiger partial charge >= 0.3 is 0 Å². The van der Waals surface area contributed by atoms with Gasteiger partial charge in [-0.2, -0.15) is 0 Å². The number of carbonyl (C=O) groups excluding carboxylic acids is 1. The SMILES string of the molecule is C[C@@H](Oc1ccc(Cl)cc1Cl)C(=O)Nc1ccncc1. The molecule has 6 heteroatoms. The second kappa shape index (κ2) is 6.59. The first-order valence-electron chi connectivity index (χ1n) is 5.89. The minimum atomic E-state index is -0.693. The molecule has 1 atom stereocenters. The fourth-order valence-corrected chi connectivity index (χ4v) is 1.95. The lowest BCUT2D eigenvalue weighted by molar-refractivity contribution is -0.122. The largest absolute Gasteiger partial charge is 0.479 e. The van der Waals surface area contributed by atoms with Gasteiger partial charge < -0.3 is 10.1 Å². The number of aromatic nitrogens is 1. The van der Waals surface area contributed by atoms with Crippen LogP contribution in [0.5, 0.6) is 5.75 Å². The molecule has 0 unspecified atom stereocenters. The lowest BCUT2D eigenvalue weighted by Crippen LogP contribution is -2.30. The first kappa shape index (κ1) is 14.6. The van der Waals surface area contributed by atoms with E-state index >= 15 is 0 Å². The molecule has 0 fully saturated rings. The molecule has 20 heavy (non-hydrogen) atoms. The van der Waals surface area contributed by atoms with Crippen LogP contribution >= 0.6 is 23.2 Å². The summed E-state index contributed by atoms with van der Waals surface area (Å²) in [6, 6.07) is 8.23. The van der Waals surface area contributed by atoms with Crippen molar-refractivity contribution < 1.29 is 9.53 Å². The molecular formula is C14H12Cl2N2O2. The third-order valence-corrected chi connectivity index (χ3v) is 3.05. The summed E-state index contributed by atoms with van der Waals surface area (Å²) < 4.78 is 5.52. The summed E-state index contributed by atoms with van der Waals surface area (Å²) in [5.41, 5.74) is 0.655. The van der Waals surface area contributed by atoms with Crippen molar-refractivity contribution >= 4 is 34.8 Å². The molecule has 1 heterocycles. The fraction of sp³-hybridized carbons (Fsp3) is 0.143. The molecule has 0 radical (unpaired) electrons. The molecule has 2 aromatic rings. The second-order valence-corrected chi connectivity index (χ2v) is 4.90. The Morgan fingerprint density at radius 2 is 1.95 bits per heavy atom. The molecule has 104 valence electrons. The van der Waals surface area contributed by atoms with Gasteiger partial charge in [0.05, 0.1) is 5.02 Å². The zero-order valence-electron chi connectivity index (χ0n) is 10.6. The van der Waals surface area contributed by atoms with Crippen LogP contribution in [0.4, 0.5) is 5.69 Å². The zero-order chi connectivity index (χ0) is 14.5. The molecule has 1 aromatic heterocycles. The molecule has 4 nitrogen and oxygen atoms in total. The number of anilines is 1. The highest BCUT2D eigenvalue weighted by Crippen LogP contribution is 2.28. The molecule has 0 aliphatic heterocycles. The number of ether oxygens (including phenoxy) is 1. The molecule has 0 spiro atoms. The van der Waals surface area contributed by atoms with Gasteiger partial charge in [-0.05, 0) is 37.3 Å². The van der Waals surface area contributed by atoms with Crippen molar-refractivity contribution in [1.82, 2.24) is 4.98 Å². The van der Waals surface area contributed by atoms with Crippen LogP contribution in [-0.4, -0.2) is 17.0 Å². The van der Waals surface area contributed by atoms with Crippen molar-refractivity contribution in [1.29, 1.82) is 0 Å². The number of hydrogen-bond acceptors (Lipinski definition) is 3. The van der Waals surface area contributed by atoms with Gasteiger partial charge in [-0.1, -0.05) is 23.2 Å². The number of carbonyl (C=O) groups is 1. The van der Waals surface area contributed by atoms with Crippen molar-refractivity contribution in [2.45, 2.75) is 13.0 Å². The van der Waals surface area contributed by atoms with Gasteiger partial charge in [0.1, 0.15) is 5.75 Å². The van der Waals surface area contributed by atoms with Crippen molar-refractivity contribution in [3.63, 3.8) is 0 Å². The molecular weight excluding hydrogens is 299 g/mol. The number of rotatable bonds is 4. The molecule has 0 saturated heterocycles. The Balaban J connectivity index is 2.00. The van der Waals surface area contributed by atoms with Crippen LogP contribution in [0, 0.1) is 0 Å². The normalized spacial score (nSPS) is 11.8. The van der Waals surface area contributed by atoms with Gasteiger partial charge in [0.15, 0.2) is 6.10 Å². The van der Waals surface area contributed by atoms with Crippen LogP contribution in [-0.2, 0) is 4.79 Å². The zero-order valence-corrected chi connectivity index (χ0v) is 12.2. The highest BCUT2D eigenvalue weighted by atomic mass is 35.5. The van der Waals surface area contributed by atoms with E-state index in [4.69, 9.17) is 27.9 Å². The Labute approximate surface area is 126 Å².